The molecular formula is C49H61N9O9. The van der Waals surface area contributed by atoms with E-state index in [2.05, 4.69) is 26.6 Å². The predicted molar refractivity (Wildman–Crippen MR) is 245 cm³/mol. The zero-order chi connectivity index (χ0) is 48.6. The van der Waals surface area contributed by atoms with Gasteiger partial charge in [-0.3, -0.25) is 43.2 Å². The Morgan fingerprint density at radius 1 is 0.507 bits per heavy atom. The van der Waals surface area contributed by atoms with Gasteiger partial charge in [-0.25, -0.2) is 0 Å². The van der Waals surface area contributed by atoms with Crippen molar-refractivity contribution in [2.45, 2.75) is 140 Å². The van der Waals surface area contributed by atoms with Gasteiger partial charge < -0.3 is 47.0 Å². The van der Waals surface area contributed by atoms with E-state index in [0.717, 1.165) is 16.7 Å². The van der Waals surface area contributed by atoms with Crippen molar-refractivity contribution >= 4 is 53.2 Å². The van der Waals surface area contributed by atoms with Crippen molar-refractivity contribution in [1.29, 1.82) is 0 Å². The lowest BCUT2D eigenvalue weighted by Crippen LogP contribution is -2.60. The quantitative estimate of drug-likeness (QED) is 0.101. The van der Waals surface area contributed by atoms with Gasteiger partial charge in [-0.2, -0.15) is 0 Å². The van der Waals surface area contributed by atoms with Crippen LogP contribution in [0.15, 0.2) is 91.0 Å². The van der Waals surface area contributed by atoms with Crippen LogP contribution >= 0.6 is 0 Å². The van der Waals surface area contributed by atoms with Gasteiger partial charge in [0.15, 0.2) is 0 Å². The summed E-state index contributed by atoms with van der Waals surface area (Å²) < 4.78 is 0. The maximum Gasteiger partial charge on any atom is 0.245 e. The summed E-state index contributed by atoms with van der Waals surface area (Å²) in [6.45, 7) is 7.88. The first-order valence-corrected chi connectivity index (χ1v) is 22.5. The van der Waals surface area contributed by atoms with Gasteiger partial charge in [-0.05, 0) is 44.4 Å². The molecule has 3 aromatic rings. The van der Waals surface area contributed by atoms with Crippen molar-refractivity contribution in [2.24, 2.45) is 5.73 Å². The van der Waals surface area contributed by atoms with Gasteiger partial charge in [0.05, 0.1) is 36.3 Å². The lowest BCUT2D eigenvalue weighted by Gasteiger charge is -2.34. The molecule has 67 heavy (non-hydrogen) atoms. The molecule has 3 aromatic carbocycles. The normalized spacial score (nSPS) is 21.8. The monoisotopic (exact) mass is 919 g/mol. The van der Waals surface area contributed by atoms with Crippen LogP contribution in [0, 0.1) is 0 Å². The molecule has 3 aliphatic rings. The lowest BCUT2D eigenvalue weighted by atomic mass is 9.97. The van der Waals surface area contributed by atoms with E-state index in [0.29, 0.717) is 0 Å². The highest BCUT2D eigenvalue weighted by Crippen LogP contribution is 2.29. The minimum absolute atomic E-state index is 0.00707. The molecule has 3 saturated heterocycles. The van der Waals surface area contributed by atoms with Gasteiger partial charge in [0, 0.05) is 65.1 Å². The first kappa shape index (κ1) is 49.3. The average molecular weight is 920 g/mol. The van der Waals surface area contributed by atoms with E-state index in [4.69, 9.17) is 5.73 Å². The number of likely N-dealkylation sites (tertiary alicyclic amines) is 3. The Morgan fingerprint density at radius 2 is 0.806 bits per heavy atom. The van der Waals surface area contributed by atoms with Crippen LogP contribution in [0.1, 0.15) is 89.8 Å². The third kappa shape index (κ3) is 12.6. The fourth-order valence-corrected chi connectivity index (χ4v) is 9.14. The molecule has 0 aliphatic carbocycles. The molecule has 7 N–H and O–H groups in total. The second kappa shape index (κ2) is 21.0. The van der Waals surface area contributed by atoms with Crippen LogP contribution < -0.4 is 32.3 Å². The largest absolute Gasteiger partial charge is 0.370 e. The number of nitrogens with two attached hydrogens (primary N) is 1. The Labute approximate surface area is 390 Å². The summed E-state index contributed by atoms with van der Waals surface area (Å²) in [5.74, 6) is -4.23. The number of hydrogen-bond acceptors (Lipinski definition) is 9. The minimum Gasteiger partial charge on any atom is -0.370 e. The van der Waals surface area contributed by atoms with Crippen LogP contribution in [-0.4, -0.2) is 115 Å². The number of amides is 9. The fraction of sp³-hybridized carbons (Fsp3) is 0.449. The zero-order valence-electron chi connectivity index (χ0n) is 38.6. The summed E-state index contributed by atoms with van der Waals surface area (Å²) >= 11 is 0. The number of rotatable bonds is 19. The first-order chi connectivity index (χ1) is 31.7. The van der Waals surface area contributed by atoms with Crippen molar-refractivity contribution in [2.75, 3.05) is 0 Å². The van der Waals surface area contributed by atoms with Gasteiger partial charge in [-0.1, -0.05) is 91.0 Å². The molecule has 0 spiro atoms. The smallest absolute Gasteiger partial charge is 0.245 e. The number of carbonyl (C=O) groups excluding carboxylic acids is 9. The molecule has 0 bridgehead atoms. The van der Waals surface area contributed by atoms with Crippen molar-refractivity contribution < 1.29 is 43.2 Å². The Kier molecular flexibility index (Phi) is 15.5. The molecular weight excluding hydrogens is 859 g/mol. The van der Waals surface area contributed by atoms with E-state index in [1.165, 1.54) is 44.4 Å². The standard InChI is InChI=1S/C49H61N9O9/c1-30(59)51-34-21-43(63)57(28-32-17-11-7-12-18-32)38(34)25-41(61)54-49(4,5)47(67)53-36-23-45(65)58(29-33-19-13-8-14-20-33)39(36)26-42(62)55-48(2,3)46(66)52-35-22-44(64)56(37(35)24-40(50)60)27-31-15-9-6-10-16-31/h6-20,34-39H,21-29H2,1-5H3,(H2,50,60)(H,51,59)(H,52,66)(H,53,67)(H,54,61)(H,55,62)/t34-,35-,36-,37+,38+,39+/m0/s1. The summed E-state index contributed by atoms with van der Waals surface area (Å²) in [7, 11) is 0. The summed E-state index contributed by atoms with van der Waals surface area (Å²) in [6, 6.07) is 23.0. The number of nitrogens with zero attached hydrogens (tertiary/aromatic N) is 3. The molecule has 0 unspecified atom stereocenters. The molecule has 0 aromatic heterocycles. The van der Waals surface area contributed by atoms with E-state index in [9.17, 15) is 43.2 Å². The van der Waals surface area contributed by atoms with E-state index in [1.807, 2.05) is 91.0 Å². The van der Waals surface area contributed by atoms with E-state index in [-0.39, 0.29) is 81.8 Å². The number of primary amides is 1. The molecule has 0 radical (unpaired) electrons. The molecule has 3 fully saturated rings. The molecule has 356 valence electrons. The third-order valence-corrected chi connectivity index (χ3v) is 12.6. The van der Waals surface area contributed by atoms with Gasteiger partial charge >= 0.3 is 0 Å². The van der Waals surface area contributed by atoms with Crippen LogP contribution in [-0.2, 0) is 62.8 Å². The Balaban J connectivity index is 1.13. The molecule has 9 amide bonds. The highest BCUT2D eigenvalue weighted by molar-refractivity contribution is 5.94. The predicted octanol–water partition coefficient (Wildman–Crippen LogP) is 1.31. The maximum absolute atomic E-state index is 14.1. The highest BCUT2D eigenvalue weighted by Gasteiger charge is 2.47. The molecule has 18 nitrogen and oxygen atoms in total. The molecule has 6 atom stereocenters. The van der Waals surface area contributed by atoms with Crippen molar-refractivity contribution in [3.8, 4) is 0 Å². The summed E-state index contributed by atoms with van der Waals surface area (Å²) in [6.07, 6.45) is -0.951. The van der Waals surface area contributed by atoms with E-state index in [1.54, 1.807) is 4.90 Å². The van der Waals surface area contributed by atoms with Gasteiger partial charge in [-0.15, -0.1) is 0 Å². The van der Waals surface area contributed by atoms with Crippen LogP contribution in [0.3, 0.4) is 0 Å². The average Bonchev–Trinajstić information content (AvgIpc) is 3.81. The number of nitrogens with one attached hydrogen (secondary N) is 5. The second-order valence-electron chi connectivity index (χ2n) is 18.7. The molecule has 3 aliphatic heterocycles. The fourth-order valence-electron chi connectivity index (χ4n) is 9.14. The Bertz CT molecular complexity index is 2340. The van der Waals surface area contributed by atoms with Crippen molar-refractivity contribution in [3.05, 3.63) is 108 Å². The van der Waals surface area contributed by atoms with Gasteiger partial charge in [0.25, 0.3) is 0 Å². The summed E-state index contributed by atoms with van der Waals surface area (Å²) in [5.41, 5.74) is 4.96. The van der Waals surface area contributed by atoms with Crippen molar-refractivity contribution in [3.63, 3.8) is 0 Å². The SMILES string of the molecule is CC(=O)N[C@H]1CC(=O)N(Cc2ccccc2)[C@@H]1CC(=O)NC(C)(C)C(=O)N[C@H]1CC(=O)N(Cc2ccccc2)[C@@H]1CC(=O)NC(C)(C)C(=O)N[C@H]1CC(=O)N(Cc2ccccc2)[C@@H]1CC(N)=O. The zero-order valence-corrected chi connectivity index (χ0v) is 38.6. The van der Waals surface area contributed by atoms with E-state index < -0.39 is 76.9 Å². The van der Waals surface area contributed by atoms with Gasteiger partial charge in [0.1, 0.15) is 11.1 Å². The van der Waals surface area contributed by atoms with Crippen molar-refractivity contribution in [1.82, 2.24) is 41.3 Å². The lowest BCUT2D eigenvalue weighted by molar-refractivity contribution is -0.135. The first-order valence-electron chi connectivity index (χ1n) is 22.5. The van der Waals surface area contributed by atoms with Crippen LogP contribution in [0.25, 0.3) is 0 Å². The highest BCUT2D eigenvalue weighted by atomic mass is 16.2. The number of benzene rings is 3. The van der Waals surface area contributed by atoms with Crippen LogP contribution in [0.4, 0.5) is 0 Å². The molecule has 3 heterocycles. The summed E-state index contributed by atoms with van der Waals surface area (Å²) in [5, 5.41) is 14.1. The molecule has 18 heteroatoms. The number of hydrogen-bond donors (Lipinski definition) is 6. The third-order valence-electron chi connectivity index (χ3n) is 12.6. The van der Waals surface area contributed by atoms with Crippen LogP contribution in [0.5, 0.6) is 0 Å². The Morgan fingerprint density at radius 3 is 1.10 bits per heavy atom. The number of carbonyl (C=O) groups is 9. The maximum atomic E-state index is 14.1. The Hall–Kier alpha value is -7.11. The summed E-state index contributed by atoms with van der Waals surface area (Å²) in [4.78, 5) is 125. The topological polar surface area (TPSA) is 250 Å². The van der Waals surface area contributed by atoms with Gasteiger partial charge in [0.2, 0.25) is 53.2 Å². The minimum atomic E-state index is -1.54. The molecule has 6 rings (SSSR count). The second-order valence-corrected chi connectivity index (χ2v) is 18.7. The molecule has 0 saturated carbocycles. The van der Waals surface area contributed by atoms with E-state index >= 15 is 0 Å². The van der Waals surface area contributed by atoms with Crippen LogP contribution in [0.2, 0.25) is 0 Å².